The summed E-state index contributed by atoms with van der Waals surface area (Å²) in [5.41, 5.74) is 1.73. The van der Waals surface area contributed by atoms with Gasteiger partial charge in [-0.25, -0.2) is 8.42 Å². The van der Waals surface area contributed by atoms with Crippen molar-refractivity contribution >= 4 is 21.6 Å². The number of benzene rings is 2. The van der Waals surface area contributed by atoms with E-state index in [4.69, 9.17) is 4.74 Å². The predicted octanol–water partition coefficient (Wildman–Crippen LogP) is 5.04. The molecule has 0 saturated carbocycles. The van der Waals surface area contributed by atoms with E-state index >= 15 is 0 Å². The molecule has 0 spiro atoms. The molecule has 166 valence electrons. The number of hydrogen-bond donors (Lipinski definition) is 0. The highest BCUT2D eigenvalue weighted by molar-refractivity contribution is 7.98. The lowest BCUT2D eigenvalue weighted by Gasteiger charge is -2.10. The van der Waals surface area contributed by atoms with Gasteiger partial charge in [0, 0.05) is 17.9 Å². The first-order valence-electron chi connectivity index (χ1n) is 9.68. The van der Waals surface area contributed by atoms with Crippen LogP contribution in [0.15, 0.2) is 58.6 Å². The van der Waals surface area contributed by atoms with Crippen molar-refractivity contribution in [1.82, 2.24) is 14.8 Å². The smallest absolute Gasteiger partial charge is 0.341 e. The standard InChI is InChI=1S/C21H23F2N3O3S2/c1-3-4-13-26-19(16-7-9-17(29-2)10-8-16)24-25-21(26)30-14-15-5-11-18(12-6-15)31(27,28)20(22)23/h5-12,20H,3-4,13-14H2,1-2H3. The number of aromatic nitrogens is 3. The van der Waals surface area contributed by atoms with E-state index in [1.54, 1.807) is 19.2 Å². The van der Waals surface area contributed by atoms with E-state index in [9.17, 15) is 17.2 Å². The van der Waals surface area contributed by atoms with Crippen LogP contribution < -0.4 is 4.74 Å². The first-order chi connectivity index (χ1) is 14.9. The number of rotatable bonds is 10. The van der Waals surface area contributed by atoms with Gasteiger partial charge in [0.1, 0.15) is 5.75 Å². The van der Waals surface area contributed by atoms with Crippen molar-refractivity contribution < 1.29 is 21.9 Å². The third kappa shape index (κ3) is 5.43. The second-order valence-corrected chi connectivity index (χ2v) is 9.64. The van der Waals surface area contributed by atoms with Crippen molar-refractivity contribution in [3.63, 3.8) is 0 Å². The zero-order valence-electron chi connectivity index (χ0n) is 17.2. The fourth-order valence-electron chi connectivity index (χ4n) is 2.89. The minimum Gasteiger partial charge on any atom is -0.497 e. The highest BCUT2D eigenvalue weighted by Crippen LogP contribution is 2.28. The van der Waals surface area contributed by atoms with Crippen molar-refractivity contribution in [2.75, 3.05) is 7.11 Å². The topological polar surface area (TPSA) is 74.1 Å². The number of hydrogen-bond acceptors (Lipinski definition) is 6. The van der Waals surface area contributed by atoms with Gasteiger partial charge >= 0.3 is 5.76 Å². The van der Waals surface area contributed by atoms with E-state index in [0.717, 1.165) is 47.2 Å². The molecule has 0 radical (unpaired) electrons. The van der Waals surface area contributed by atoms with Gasteiger partial charge in [-0.05, 0) is 48.4 Å². The number of ether oxygens (including phenoxy) is 1. The quantitative estimate of drug-likeness (QED) is 0.389. The molecular formula is C21H23F2N3O3S2. The van der Waals surface area contributed by atoms with Crippen LogP contribution in [0.25, 0.3) is 11.4 Å². The number of sulfone groups is 1. The number of alkyl halides is 2. The summed E-state index contributed by atoms with van der Waals surface area (Å²) in [4.78, 5) is -0.385. The van der Waals surface area contributed by atoms with Gasteiger partial charge in [-0.3, -0.25) is 0 Å². The number of halogens is 2. The van der Waals surface area contributed by atoms with Gasteiger partial charge in [-0.1, -0.05) is 37.2 Å². The van der Waals surface area contributed by atoms with Crippen molar-refractivity contribution in [1.29, 1.82) is 0 Å². The first-order valence-corrected chi connectivity index (χ1v) is 12.2. The molecule has 0 bridgehead atoms. The lowest BCUT2D eigenvalue weighted by molar-refractivity contribution is 0.234. The molecule has 1 aromatic heterocycles. The fraction of sp³-hybridized carbons (Fsp3) is 0.333. The third-order valence-electron chi connectivity index (χ3n) is 4.65. The third-order valence-corrected chi connectivity index (χ3v) is 7.09. The number of thioether (sulfide) groups is 1. The Morgan fingerprint density at radius 3 is 2.32 bits per heavy atom. The summed E-state index contributed by atoms with van der Waals surface area (Å²) in [5.74, 6) is -1.41. The molecule has 0 saturated heterocycles. The average Bonchev–Trinajstić information content (AvgIpc) is 3.19. The molecule has 10 heteroatoms. The van der Waals surface area contributed by atoms with Gasteiger partial charge in [0.25, 0.3) is 0 Å². The van der Waals surface area contributed by atoms with Crippen LogP contribution in [-0.4, -0.2) is 36.0 Å². The molecule has 6 nitrogen and oxygen atoms in total. The van der Waals surface area contributed by atoms with Crippen LogP contribution in [-0.2, 0) is 22.1 Å². The van der Waals surface area contributed by atoms with E-state index in [2.05, 4.69) is 21.7 Å². The molecule has 3 rings (SSSR count). The molecule has 1 heterocycles. The van der Waals surface area contributed by atoms with Gasteiger partial charge < -0.3 is 9.30 Å². The minimum absolute atomic E-state index is 0.385. The number of unbranched alkanes of at least 4 members (excludes halogenated alkanes) is 1. The lowest BCUT2D eigenvalue weighted by atomic mass is 10.2. The minimum atomic E-state index is -4.59. The van der Waals surface area contributed by atoms with Crippen LogP contribution in [0.4, 0.5) is 8.78 Å². The fourth-order valence-corrected chi connectivity index (χ4v) is 4.53. The Labute approximate surface area is 184 Å². The number of nitrogens with zero attached hydrogens (tertiary/aromatic N) is 3. The van der Waals surface area contributed by atoms with E-state index in [1.165, 1.54) is 23.9 Å². The average molecular weight is 468 g/mol. The zero-order valence-corrected chi connectivity index (χ0v) is 18.8. The first kappa shape index (κ1) is 23.2. The summed E-state index contributed by atoms with van der Waals surface area (Å²) in [6.07, 6.45) is 1.99. The Balaban J connectivity index is 1.78. The second-order valence-electron chi connectivity index (χ2n) is 6.78. The summed E-state index contributed by atoms with van der Waals surface area (Å²) in [7, 11) is -2.97. The molecule has 0 aliphatic rings. The Hall–Kier alpha value is -2.46. The molecule has 0 amide bonds. The maximum Gasteiger partial charge on any atom is 0.341 e. The van der Waals surface area contributed by atoms with E-state index in [0.29, 0.717) is 5.75 Å². The SMILES string of the molecule is CCCCn1c(SCc2ccc(S(=O)(=O)C(F)F)cc2)nnc1-c1ccc(OC)cc1. The Morgan fingerprint density at radius 2 is 1.74 bits per heavy atom. The van der Waals surface area contributed by atoms with Crippen molar-refractivity contribution in [2.45, 2.75) is 47.9 Å². The molecule has 3 aromatic rings. The largest absolute Gasteiger partial charge is 0.497 e. The van der Waals surface area contributed by atoms with Crippen LogP contribution in [0.3, 0.4) is 0 Å². The predicted molar refractivity (Wildman–Crippen MR) is 116 cm³/mol. The van der Waals surface area contributed by atoms with Crippen molar-refractivity contribution in [3.8, 4) is 17.1 Å². The summed E-state index contributed by atoms with van der Waals surface area (Å²) in [6.45, 7) is 2.87. The molecule has 0 unspecified atom stereocenters. The monoisotopic (exact) mass is 467 g/mol. The summed E-state index contributed by atoms with van der Waals surface area (Å²) >= 11 is 1.46. The zero-order chi connectivity index (χ0) is 22.4. The molecule has 0 atom stereocenters. The van der Waals surface area contributed by atoms with E-state index in [1.807, 2.05) is 24.3 Å². The molecule has 0 aliphatic heterocycles. The normalized spacial score (nSPS) is 11.8. The van der Waals surface area contributed by atoms with Crippen LogP contribution in [0, 0.1) is 0 Å². The van der Waals surface area contributed by atoms with E-state index < -0.39 is 15.6 Å². The summed E-state index contributed by atoms with van der Waals surface area (Å²) < 4.78 is 55.8. The summed E-state index contributed by atoms with van der Waals surface area (Å²) in [5, 5.41) is 9.43. The van der Waals surface area contributed by atoms with E-state index in [-0.39, 0.29) is 4.90 Å². The number of methoxy groups -OCH3 is 1. The maximum atomic E-state index is 12.7. The highest BCUT2D eigenvalue weighted by Gasteiger charge is 2.26. The maximum absolute atomic E-state index is 12.7. The Kier molecular flexibility index (Phi) is 7.66. The molecule has 0 fully saturated rings. The van der Waals surface area contributed by atoms with Crippen LogP contribution in [0.2, 0.25) is 0 Å². The molecule has 2 aromatic carbocycles. The highest BCUT2D eigenvalue weighted by atomic mass is 32.2. The van der Waals surface area contributed by atoms with Gasteiger partial charge in [-0.15, -0.1) is 10.2 Å². The van der Waals surface area contributed by atoms with Crippen LogP contribution >= 0.6 is 11.8 Å². The second kappa shape index (κ2) is 10.2. The van der Waals surface area contributed by atoms with Crippen molar-refractivity contribution in [2.24, 2.45) is 0 Å². The van der Waals surface area contributed by atoms with Crippen LogP contribution in [0.5, 0.6) is 5.75 Å². The van der Waals surface area contributed by atoms with Gasteiger partial charge in [0.2, 0.25) is 9.84 Å². The molecular weight excluding hydrogens is 444 g/mol. The van der Waals surface area contributed by atoms with Gasteiger partial charge in [0.05, 0.1) is 12.0 Å². The Bertz CT molecular complexity index is 1100. The van der Waals surface area contributed by atoms with Crippen LogP contribution in [0.1, 0.15) is 25.3 Å². The lowest BCUT2D eigenvalue weighted by Crippen LogP contribution is -2.11. The van der Waals surface area contributed by atoms with Gasteiger partial charge in [0.15, 0.2) is 11.0 Å². The van der Waals surface area contributed by atoms with Gasteiger partial charge in [-0.2, -0.15) is 8.78 Å². The Morgan fingerprint density at radius 1 is 1.06 bits per heavy atom. The molecule has 31 heavy (non-hydrogen) atoms. The molecule has 0 aliphatic carbocycles. The molecule has 0 N–H and O–H groups in total. The van der Waals surface area contributed by atoms with Crippen molar-refractivity contribution in [3.05, 3.63) is 54.1 Å². The summed E-state index contributed by atoms with van der Waals surface area (Å²) in [6, 6.07) is 13.1.